The molecule has 6 nitrogen and oxygen atoms in total. The smallest absolute Gasteiger partial charge is 0.301 e. The van der Waals surface area contributed by atoms with Crippen molar-refractivity contribution in [2.75, 3.05) is 18.8 Å². The van der Waals surface area contributed by atoms with Crippen LogP contribution in [0.4, 0.5) is 5.69 Å². The summed E-state index contributed by atoms with van der Waals surface area (Å²) in [5.41, 5.74) is 1.89. The molecule has 0 aliphatic rings. The minimum absolute atomic E-state index is 0.467. The molecular weight excluding hydrogens is 240 g/mol. The maximum Gasteiger partial charge on any atom is 0.301 e. The van der Waals surface area contributed by atoms with Crippen molar-refractivity contribution in [3.63, 3.8) is 0 Å². The van der Waals surface area contributed by atoms with Crippen molar-refractivity contribution in [3.05, 3.63) is 30.2 Å². The van der Waals surface area contributed by atoms with Crippen LogP contribution < -0.4 is 4.72 Å². The summed E-state index contributed by atoms with van der Waals surface area (Å²) in [6.45, 7) is 1.86. The highest BCUT2D eigenvalue weighted by Crippen LogP contribution is 2.17. The summed E-state index contributed by atoms with van der Waals surface area (Å²) in [5.74, 6) is 0. The topological polar surface area (TPSA) is 66.7 Å². The van der Waals surface area contributed by atoms with Gasteiger partial charge in [-0.15, -0.1) is 0 Å². The van der Waals surface area contributed by atoms with Gasteiger partial charge in [-0.05, 0) is 19.1 Å². The second kappa shape index (κ2) is 4.01. The van der Waals surface area contributed by atoms with Crippen LogP contribution in [0.1, 0.15) is 5.69 Å². The van der Waals surface area contributed by atoms with E-state index < -0.39 is 10.2 Å². The van der Waals surface area contributed by atoms with Gasteiger partial charge < -0.3 is 4.40 Å². The van der Waals surface area contributed by atoms with Gasteiger partial charge in [0.25, 0.3) is 0 Å². The van der Waals surface area contributed by atoms with Crippen molar-refractivity contribution in [3.8, 4) is 0 Å². The monoisotopic (exact) mass is 254 g/mol. The highest BCUT2D eigenvalue weighted by molar-refractivity contribution is 7.90. The van der Waals surface area contributed by atoms with Crippen LogP contribution in [-0.2, 0) is 10.2 Å². The van der Waals surface area contributed by atoms with Gasteiger partial charge in [0.2, 0.25) is 0 Å². The zero-order valence-electron chi connectivity index (χ0n) is 9.88. The highest BCUT2D eigenvalue weighted by atomic mass is 32.2. The van der Waals surface area contributed by atoms with Crippen LogP contribution in [-0.4, -0.2) is 36.2 Å². The average molecular weight is 254 g/mol. The summed E-state index contributed by atoms with van der Waals surface area (Å²) in [4.78, 5) is 4.27. The molecular formula is C10H14N4O2S. The normalized spacial score (nSPS) is 12.2. The number of aryl methyl sites for hydroxylation is 1. The van der Waals surface area contributed by atoms with E-state index >= 15 is 0 Å². The number of nitrogens with zero attached hydrogens (tertiary/aromatic N) is 3. The molecule has 17 heavy (non-hydrogen) atoms. The standard InChI is InChI=1S/C10H14N4O2S/c1-8-7-14-6-4-5-9(10(14)11-8)12-17(15,16)13(2)3/h4-7,12H,1-3H3. The Labute approximate surface area is 100 Å². The summed E-state index contributed by atoms with van der Waals surface area (Å²) in [5, 5.41) is 0. The molecule has 0 aliphatic heterocycles. The molecule has 92 valence electrons. The Bertz CT molecular complexity index is 645. The number of imidazole rings is 1. The molecule has 0 aromatic carbocycles. The van der Waals surface area contributed by atoms with E-state index in [1.807, 2.05) is 19.3 Å². The van der Waals surface area contributed by atoms with Crippen molar-refractivity contribution >= 4 is 21.5 Å². The lowest BCUT2D eigenvalue weighted by Gasteiger charge is -2.13. The van der Waals surface area contributed by atoms with Gasteiger partial charge in [-0.3, -0.25) is 4.72 Å². The minimum atomic E-state index is -3.50. The SMILES string of the molecule is Cc1cn2cccc(NS(=O)(=O)N(C)C)c2n1. The van der Waals surface area contributed by atoms with Gasteiger partial charge in [0.05, 0.1) is 11.4 Å². The van der Waals surface area contributed by atoms with E-state index in [4.69, 9.17) is 0 Å². The number of rotatable bonds is 3. The van der Waals surface area contributed by atoms with E-state index in [0.717, 1.165) is 10.00 Å². The van der Waals surface area contributed by atoms with Crippen molar-refractivity contribution in [2.45, 2.75) is 6.92 Å². The first-order chi connectivity index (χ1) is 7.90. The molecule has 0 spiro atoms. The number of nitrogens with one attached hydrogen (secondary N) is 1. The van der Waals surface area contributed by atoms with Gasteiger partial charge in [0.15, 0.2) is 5.65 Å². The maximum absolute atomic E-state index is 11.7. The van der Waals surface area contributed by atoms with E-state index in [1.165, 1.54) is 14.1 Å². The summed E-state index contributed by atoms with van der Waals surface area (Å²) in [6, 6.07) is 3.45. The zero-order chi connectivity index (χ0) is 12.6. The summed E-state index contributed by atoms with van der Waals surface area (Å²) in [6.07, 6.45) is 3.66. The Morgan fingerprint density at radius 3 is 2.76 bits per heavy atom. The Balaban J connectivity index is 2.50. The molecule has 1 N–H and O–H groups in total. The molecule has 2 aromatic heterocycles. The largest absolute Gasteiger partial charge is 0.305 e. The first-order valence-electron chi connectivity index (χ1n) is 5.05. The third kappa shape index (κ3) is 2.25. The second-order valence-corrected chi connectivity index (χ2v) is 5.81. The molecule has 0 fully saturated rings. The Morgan fingerprint density at radius 2 is 2.12 bits per heavy atom. The third-order valence-electron chi connectivity index (χ3n) is 2.32. The molecule has 0 radical (unpaired) electrons. The first-order valence-corrected chi connectivity index (χ1v) is 6.49. The molecule has 0 atom stereocenters. The van der Waals surface area contributed by atoms with Crippen molar-refractivity contribution in [2.24, 2.45) is 0 Å². The van der Waals surface area contributed by atoms with Crippen LogP contribution in [0.15, 0.2) is 24.5 Å². The maximum atomic E-state index is 11.7. The van der Waals surface area contributed by atoms with E-state index in [9.17, 15) is 8.42 Å². The van der Waals surface area contributed by atoms with Crippen LogP contribution in [0.2, 0.25) is 0 Å². The second-order valence-electron chi connectivity index (χ2n) is 3.92. The van der Waals surface area contributed by atoms with Crippen LogP contribution >= 0.6 is 0 Å². The lowest BCUT2D eigenvalue weighted by Crippen LogP contribution is -2.29. The Kier molecular flexibility index (Phi) is 2.80. The van der Waals surface area contributed by atoms with Crippen molar-refractivity contribution in [1.82, 2.24) is 13.7 Å². The average Bonchev–Trinajstić information content (AvgIpc) is 2.59. The van der Waals surface area contributed by atoms with Crippen molar-refractivity contribution < 1.29 is 8.42 Å². The molecule has 2 heterocycles. The number of aromatic nitrogens is 2. The fourth-order valence-corrected chi connectivity index (χ4v) is 2.07. The number of hydrogen-bond donors (Lipinski definition) is 1. The highest BCUT2D eigenvalue weighted by Gasteiger charge is 2.15. The van der Waals surface area contributed by atoms with Gasteiger partial charge in [-0.2, -0.15) is 12.7 Å². The Hall–Kier alpha value is -1.60. The number of pyridine rings is 1. The summed E-state index contributed by atoms with van der Waals surface area (Å²) < 4.78 is 28.8. The third-order valence-corrected chi connectivity index (χ3v) is 3.76. The molecule has 0 saturated heterocycles. The van der Waals surface area contributed by atoms with Gasteiger partial charge >= 0.3 is 10.2 Å². The first kappa shape index (κ1) is 11.9. The summed E-state index contributed by atoms with van der Waals surface area (Å²) in [7, 11) is -0.560. The molecule has 0 bridgehead atoms. The molecule has 7 heteroatoms. The fourth-order valence-electron chi connectivity index (χ4n) is 1.45. The van der Waals surface area contributed by atoms with Crippen LogP contribution in [0.3, 0.4) is 0 Å². The molecule has 0 saturated carbocycles. The number of anilines is 1. The van der Waals surface area contributed by atoms with E-state index in [2.05, 4.69) is 9.71 Å². The zero-order valence-corrected chi connectivity index (χ0v) is 10.7. The van der Waals surface area contributed by atoms with E-state index in [0.29, 0.717) is 11.3 Å². The van der Waals surface area contributed by atoms with E-state index in [1.54, 1.807) is 16.5 Å². The molecule has 2 rings (SSSR count). The summed E-state index contributed by atoms with van der Waals surface area (Å²) >= 11 is 0. The predicted molar refractivity (Wildman–Crippen MR) is 66.2 cm³/mol. The van der Waals surface area contributed by atoms with Crippen LogP contribution in [0.5, 0.6) is 0 Å². The predicted octanol–water partition coefficient (Wildman–Crippen LogP) is 0.861. The van der Waals surface area contributed by atoms with Gasteiger partial charge in [-0.1, -0.05) is 0 Å². The lowest BCUT2D eigenvalue weighted by molar-refractivity contribution is 0.527. The lowest BCUT2D eigenvalue weighted by atomic mass is 10.4. The minimum Gasteiger partial charge on any atom is -0.305 e. The van der Waals surface area contributed by atoms with Crippen LogP contribution in [0, 0.1) is 6.92 Å². The number of fused-ring (bicyclic) bond motifs is 1. The van der Waals surface area contributed by atoms with E-state index in [-0.39, 0.29) is 0 Å². The van der Waals surface area contributed by atoms with Crippen LogP contribution in [0.25, 0.3) is 5.65 Å². The molecule has 0 amide bonds. The number of hydrogen-bond acceptors (Lipinski definition) is 3. The van der Waals surface area contributed by atoms with Gasteiger partial charge in [0, 0.05) is 26.5 Å². The fraction of sp³-hybridized carbons (Fsp3) is 0.300. The van der Waals surface area contributed by atoms with Gasteiger partial charge in [-0.25, -0.2) is 4.98 Å². The molecule has 0 unspecified atom stereocenters. The van der Waals surface area contributed by atoms with Crippen molar-refractivity contribution in [1.29, 1.82) is 0 Å². The quantitative estimate of drug-likeness (QED) is 0.883. The molecule has 2 aromatic rings. The van der Waals surface area contributed by atoms with Gasteiger partial charge in [0.1, 0.15) is 0 Å². The molecule has 0 aliphatic carbocycles. The Morgan fingerprint density at radius 1 is 1.41 bits per heavy atom.